The Labute approximate surface area is 120 Å². The average molecular weight is 294 g/mol. The van der Waals surface area contributed by atoms with Crippen molar-refractivity contribution in [1.29, 1.82) is 0 Å². The number of fused-ring (bicyclic) bond motifs is 1. The number of amides is 1. The molecule has 1 amide bonds. The van der Waals surface area contributed by atoms with Gasteiger partial charge in [-0.2, -0.15) is 0 Å². The van der Waals surface area contributed by atoms with Gasteiger partial charge in [-0.25, -0.2) is 4.39 Å². The summed E-state index contributed by atoms with van der Waals surface area (Å²) in [5, 5.41) is 11.7. The second-order valence-corrected chi connectivity index (χ2v) is 5.28. The Hall–Kier alpha value is -2.15. The highest BCUT2D eigenvalue weighted by atomic mass is 19.1. The van der Waals surface area contributed by atoms with Gasteiger partial charge in [0.25, 0.3) is 0 Å². The number of hydrogen-bond acceptors (Lipinski definition) is 4. The summed E-state index contributed by atoms with van der Waals surface area (Å²) in [6.07, 6.45) is 0.243. The maximum absolute atomic E-state index is 13.2. The number of carbonyl (C=O) groups excluding carboxylic acids is 1. The number of ether oxygens (including phenoxy) is 1. The lowest BCUT2D eigenvalue weighted by Crippen LogP contribution is -2.59. The minimum atomic E-state index is -0.975. The van der Waals surface area contributed by atoms with E-state index in [-0.39, 0.29) is 30.9 Å². The standard InChI is InChI=1S/C14H15FN2O4/c15-9-1-2-12-8(3-9)4-10(21-12)6-17-7-13(18)16-5-11(17)14(19)20/h1-3,10-11H,4-7H2,(H,16,18)(H,19,20). The molecule has 0 aliphatic carbocycles. The molecule has 6 nitrogen and oxygen atoms in total. The lowest BCUT2D eigenvalue weighted by molar-refractivity contribution is -0.146. The van der Waals surface area contributed by atoms with Crippen molar-refractivity contribution in [3.05, 3.63) is 29.6 Å². The second kappa shape index (κ2) is 5.33. The van der Waals surface area contributed by atoms with Crippen molar-refractivity contribution in [2.45, 2.75) is 18.6 Å². The van der Waals surface area contributed by atoms with Gasteiger partial charge in [-0.3, -0.25) is 14.5 Å². The molecule has 21 heavy (non-hydrogen) atoms. The summed E-state index contributed by atoms with van der Waals surface area (Å²) in [6, 6.07) is 3.57. The lowest BCUT2D eigenvalue weighted by Gasteiger charge is -2.33. The van der Waals surface area contributed by atoms with Crippen LogP contribution in [0, 0.1) is 5.82 Å². The minimum Gasteiger partial charge on any atom is -0.488 e. The van der Waals surface area contributed by atoms with Crippen molar-refractivity contribution in [3.63, 3.8) is 0 Å². The quantitative estimate of drug-likeness (QED) is 0.821. The molecule has 7 heteroatoms. The van der Waals surface area contributed by atoms with Gasteiger partial charge in [0.05, 0.1) is 6.54 Å². The molecule has 0 radical (unpaired) electrons. The molecule has 1 aromatic rings. The van der Waals surface area contributed by atoms with Crippen LogP contribution < -0.4 is 10.1 Å². The number of halogens is 1. The fourth-order valence-corrected chi connectivity index (χ4v) is 2.78. The molecule has 2 heterocycles. The Bertz CT molecular complexity index is 592. The van der Waals surface area contributed by atoms with E-state index >= 15 is 0 Å². The number of nitrogens with zero attached hydrogens (tertiary/aromatic N) is 1. The molecule has 2 aliphatic heterocycles. The summed E-state index contributed by atoms with van der Waals surface area (Å²) >= 11 is 0. The Morgan fingerprint density at radius 3 is 3.10 bits per heavy atom. The summed E-state index contributed by atoms with van der Waals surface area (Å²) in [5.74, 6) is -0.876. The van der Waals surface area contributed by atoms with Crippen LogP contribution in [-0.4, -0.2) is 53.7 Å². The Balaban J connectivity index is 1.69. The van der Waals surface area contributed by atoms with Crippen molar-refractivity contribution in [3.8, 4) is 5.75 Å². The number of nitrogens with one attached hydrogen (secondary N) is 1. The molecule has 1 fully saturated rings. The van der Waals surface area contributed by atoms with Gasteiger partial charge in [0, 0.05) is 25.1 Å². The van der Waals surface area contributed by atoms with Gasteiger partial charge in [-0.15, -0.1) is 0 Å². The smallest absolute Gasteiger partial charge is 0.322 e. The van der Waals surface area contributed by atoms with Crippen molar-refractivity contribution in [2.24, 2.45) is 0 Å². The van der Waals surface area contributed by atoms with E-state index in [0.29, 0.717) is 18.7 Å². The van der Waals surface area contributed by atoms with Crippen LogP contribution in [0.2, 0.25) is 0 Å². The fourth-order valence-electron chi connectivity index (χ4n) is 2.78. The molecule has 2 unspecified atom stereocenters. The summed E-state index contributed by atoms with van der Waals surface area (Å²) < 4.78 is 18.9. The molecule has 3 rings (SSSR count). The summed E-state index contributed by atoms with van der Waals surface area (Å²) in [7, 11) is 0. The van der Waals surface area contributed by atoms with Crippen LogP contribution >= 0.6 is 0 Å². The first-order valence-electron chi connectivity index (χ1n) is 6.71. The Morgan fingerprint density at radius 1 is 1.52 bits per heavy atom. The number of carbonyl (C=O) groups is 2. The van der Waals surface area contributed by atoms with Crippen LogP contribution in [0.3, 0.4) is 0 Å². The molecule has 112 valence electrons. The maximum atomic E-state index is 13.2. The topological polar surface area (TPSA) is 78.9 Å². The van der Waals surface area contributed by atoms with E-state index in [4.69, 9.17) is 4.74 Å². The molecule has 2 aliphatic rings. The fraction of sp³-hybridized carbons (Fsp3) is 0.429. The van der Waals surface area contributed by atoms with E-state index in [1.54, 1.807) is 11.0 Å². The monoisotopic (exact) mass is 294 g/mol. The van der Waals surface area contributed by atoms with E-state index in [0.717, 1.165) is 5.56 Å². The highest BCUT2D eigenvalue weighted by molar-refractivity contribution is 5.83. The summed E-state index contributed by atoms with van der Waals surface area (Å²) in [5.41, 5.74) is 0.772. The number of rotatable bonds is 3. The molecule has 0 bridgehead atoms. The zero-order valence-electron chi connectivity index (χ0n) is 11.2. The first-order chi connectivity index (χ1) is 10.0. The lowest BCUT2D eigenvalue weighted by atomic mass is 10.1. The van der Waals surface area contributed by atoms with E-state index in [1.165, 1.54) is 12.1 Å². The van der Waals surface area contributed by atoms with Crippen LogP contribution in [0.4, 0.5) is 4.39 Å². The van der Waals surface area contributed by atoms with Crippen LogP contribution in [0.1, 0.15) is 5.56 Å². The highest BCUT2D eigenvalue weighted by Crippen LogP contribution is 2.29. The first kappa shape index (κ1) is 13.8. The zero-order chi connectivity index (χ0) is 15.0. The third-order valence-electron chi connectivity index (χ3n) is 3.77. The molecular formula is C14H15FN2O4. The van der Waals surface area contributed by atoms with E-state index < -0.39 is 12.0 Å². The minimum absolute atomic E-state index is 0.0293. The van der Waals surface area contributed by atoms with Crippen molar-refractivity contribution >= 4 is 11.9 Å². The van der Waals surface area contributed by atoms with Crippen LogP contribution in [0.5, 0.6) is 5.75 Å². The molecule has 2 N–H and O–H groups in total. The first-order valence-corrected chi connectivity index (χ1v) is 6.71. The van der Waals surface area contributed by atoms with Gasteiger partial charge in [-0.05, 0) is 18.2 Å². The molecule has 2 atom stereocenters. The number of carboxylic acid groups (broad SMARTS) is 1. The molecule has 0 spiro atoms. The number of carboxylic acids is 1. The second-order valence-electron chi connectivity index (χ2n) is 5.28. The number of benzene rings is 1. The number of aliphatic carboxylic acids is 1. The molecule has 0 aromatic heterocycles. The Kier molecular flexibility index (Phi) is 3.50. The van der Waals surface area contributed by atoms with Crippen LogP contribution in [-0.2, 0) is 16.0 Å². The van der Waals surface area contributed by atoms with Crippen molar-refractivity contribution < 1.29 is 23.8 Å². The zero-order valence-corrected chi connectivity index (χ0v) is 11.2. The third-order valence-corrected chi connectivity index (χ3v) is 3.77. The molecular weight excluding hydrogens is 279 g/mol. The largest absolute Gasteiger partial charge is 0.488 e. The van der Waals surface area contributed by atoms with Gasteiger partial charge in [-0.1, -0.05) is 0 Å². The van der Waals surface area contributed by atoms with Crippen molar-refractivity contribution in [1.82, 2.24) is 10.2 Å². The Morgan fingerprint density at radius 2 is 2.33 bits per heavy atom. The third kappa shape index (κ3) is 2.82. The average Bonchev–Trinajstić information content (AvgIpc) is 2.79. The van der Waals surface area contributed by atoms with E-state index in [1.807, 2.05) is 0 Å². The highest BCUT2D eigenvalue weighted by Gasteiger charge is 2.35. The normalized spacial score (nSPS) is 25.1. The molecule has 1 saturated heterocycles. The van der Waals surface area contributed by atoms with Crippen LogP contribution in [0.25, 0.3) is 0 Å². The maximum Gasteiger partial charge on any atom is 0.322 e. The van der Waals surface area contributed by atoms with Crippen molar-refractivity contribution in [2.75, 3.05) is 19.6 Å². The number of piperazine rings is 1. The predicted octanol–water partition coefficient (Wildman–Crippen LogP) is 0.0142. The van der Waals surface area contributed by atoms with Gasteiger partial charge < -0.3 is 15.2 Å². The van der Waals surface area contributed by atoms with Crippen LogP contribution in [0.15, 0.2) is 18.2 Å². The number of hydrogen-bond donors (Lipinski definition) is 2. The molecule has 1 aromatic carbocycles. The summed E-state index contributed by atoms with van der Waals surface area (Å²) in [4.78, 5) is 24.3. The predicted molar refractivity (Wildman–Crippen MR) is 70.5 cm³/mol. The van der Waals surface area contributed by atoms with Gasteiger partial charge >= 0.3 is 5.97 Å². The van der Waals surface area contributed by atoms with Gasteiger partial charge in [0.1, 0.15) is 23.7 Å². The SMILES string of the molecule is O=C1CN(CC2Cc3cc(F)ccc3O2)C(C(=O)O)CN1. The van der Waals surface area contributed by atoms with Gasteiger partial charge in [0.15, 0.2) is 0 Å². The van der Waals surface area contributed by atoms with E-state index in [2.05, 4.69) is 5.32 Å². The van der Waals surface area contributed by atoms with E-state index in [9.17, 15) is 19.1 Å². The molecule has 0 saturated carbocycles. The van der Waals surface area contributed by atoms with Gasteiger partial charge in [0.2, 0.25) is 5.91 Å². The summed E-state index contributed by atoms with van der Waals surface area (Å²) in [6.45, 7) is 0.435.